The van der Waals surface area contributed by atoms with Crippen LogP contribution in [0.1, 0.15) is 19.4 Å². The molecule has 0 aliphatic rings. The van der Waals surface area contributed by atoms with E-state index in [1.54, 1.807) is 0 Å². The molecule has 1 heterocycles. The van der Waals surface area contributed by atoms with Gasteiger partial charge in [0.25, 0.3) is 0 Å². The SMILES string of the molecule is CC(C)[C@H](CO)Nc1nc(Nc2ccc(C(F)(F)F)cc2Br)cc(-c2cccc(OC(F)(F)F)c2)n1. The number of nitrogens with one attached hydrogen (secondary N) is 2. The summed E-state index contributed by atoms with van der Waals surface area (Å²) in [4.78, 5) is 8.67. The number of nitrogens with zero attached hydrogens (tertiary/aromatic N) is 2. The van der Waals surface area contributed by atoms with Crippen molar-refractivity contribution in [2.75, 3.05) is 17.2 Å². The minimum Gasteiger partial charge on any atom is -0.406 e. The van der Waals surface area contributed by atoms with Gasteiger partial charge in [-0.05, 0) is 52.2 Å². The number of anilines is 3. The topological polar surface area (TPSA) is 79.3 Å². The van der Waals surface area contributed by atoms with Crippen molar-refractivity contribution in [3.63, 3.8) is 0 Å². The molecule has 1 aromatic heterocycles. The van der Waals surface area contributed by atoms with Crippen LogP contribution in [0.15, 0.2) is 53.0 Å². The smallest absolute Gasteiger partial charge is 0.406 e. The van der Waals surface area contributed by atoms with Crippen LogP contribution in [0.4, 0.5) is 43.8 Å². The summed E-state index contributed by atoms with van der Waals surface area (Å²) in [6.45, 7) is 3.47. The van der Waals surface area contributed by atoms with E-state index in [9.17, 15) is 31.4 Å². The summed E-state index contributed by atoms with van der Waals surface area (Å²) in [5.41, 5.74) is -0.127. The van der Waals surface area contributed by atoms with Crippen molar-refractivity contribution >= 4 is 33.4 Å². The Kier molecular flexibility index (Phi) is 8.34. The van der Waals surface area contributed by atoms with Crippen molar-refractivity contribution in [2.24, 2.45) is 5.92 Å². The Morgan fingerprint density at radius 2 is 1.72 bits per heavy atom. The van der Waals surface area contributed by atoms with Crippen molar-refractivity contribution in [3.05, 3.63) is 58.6 Å². The highest BCUT2D eigenvalue weighted by Gasteiger charge is 2.32. The predicted octanol–water partition coefficient (Wildman–Crippen LogP) is 7.00. The Hall–Kier alpha value is -3.06. The zero-order chi connectivity index (χ0) is 26.7. The van der Waals surface area contributed by atoms with Crippen LogP contribution in [0.2, 0.25) is 0 Å². The van der Waals surface area contributed by atoms with Gasteiger partial charge in [0.1, 0.15) is 11.6 Å². The fourth-order valence-electron chi connectivity index (χ4n) is 3.10. The first kappa shape index (κ1) is 27.5. The van der Waals surface area contributed by atoms with Gasteiger partial charge in [0.2, 0.25) is 5.95 Å². The van der Waals surface area contributed by atoms with Gasteiger partial charge >= 0.3 is 12.5 Å². The fourth-order valence-corrected chi connectivity index (χ4v) is 3.57. The number of hydrogen-bond acceptors (Lipinski definition) is 6. The van der Waals surface area contributed by atoms with Crippen LogP contribution < -0.4 is 15.4 Å². The lowest BCUT2D eigenvalue weighted by Crippen LogP contribution is -2.30. The monoisotopic (exact) mass is 578 g/mol. The van der Waals surface area contributed by atoms with Crippen LogP contribution in [-0.2, 0) is 6.18 Å². The first-order valence-electron chi connectivity index (χ1n) is 10.5. The van der Waals surface area contributed by atoms with E-state index < -0.39 is 29.9 Å². The second-order valence-electron chi connectivity index (χ2n) is 8.03. The highest BCUT2D eigenvalue weighted by molar-refractivity contribution is 9.10. The van der Waals surface area contributed by atoms with Crippen molar-refractivity contribution in [3.8, 4) is 17.0 Å². The van der Waals surface area contributed by atoms with Crippen LogP contribution in [-0.4, -0.2) is 34.1 Å². The molecule has 0 fully saturated rings. The number of halogens is 7. The quantitative estimate of drug-likeness (QED) is 0.250. The van der Waals surface area contributed by atoms with Crippen molar-refractivity contribution < 1.29 is 36.2 Å². The maximum atomic E-state index is 13.0. The summed E-state index contributed by atoms with van der Waals surface area (Å²) in [6.07, 6.45) is -9.41. The molecule has 2 aromatic carbocycles. The molecular weight excluding hydrogens is 558 g/mol. The van der Waals surface area contributed by atoms with Gasteiger partial charge in [0.15, 0.2) is 0 Å². The van der Waals surface area contributed by atoms with E-state index in [1.165, 1.54) is 24.3 Å². The summed E-state index contributed by atoms with van der Waals surface area (Å²) in [5.74, 6) is -0.284. The van der Waals surface area contributed by atoms with Gasteiger partial charge in [0, 0.05) is 16.1 Å². The molecule has 0 amide bonds. The third kappa shape index (κ3) is 7.47. The van der Waals surface area contributed by atoms with Gasteiger partial charge in [-0.15, -0.1) is 13.2 Å². The van der Waals surface area contributed by atoms with Crippen molar-refractivity contribution in [1.82, 2.24) is 9.97 Å². The first-order valence-corrected chi connectivity index (χ1v) is 11.3. The van der Waals surface area contributed by atoms with Gasteiger partial charge in [0.05, 0.1) is 29.6 Å². The van der Waals surface area contributed by atoms with E-state index in [1.807, 2.05) is 13.8 Å². The van der Waals surface area contributed by atoms with Crippen molar-refractivity contribution in [1.29, 1.82) is 0 Å². The minimum absolute atomic E-state index is 0.0220. The van der Waals surface area contributed by atoms with Gasteiger partial charge in [-0.1, -0.05) is 26.0 Å². The molecular formula is C23H21BrF6N4O2. The van der Waals surface area contributed by atoms with E-state index in [-0.39, 0.29) is 45.7 Å². The molecule has 0 radical (unpaired) electrons. The predicted molar refractivity (Wildman–Crippen MR) is 126 cm³/mol. The van der Waals surface area contributed by atoms with E-state index in [2.05, 4.69) is 41.3 Å². The number of rotatable bonds is 8. The molecule has 13 heteroatoms. The van der Waals surface area contributed by atoms with Gasteiger partial charge in [-0.25, -0.2) is 4.98 Å². The van der Waals surface area contributed by atoms with Crippen LogP contribution in [0.5, 0.6) is 5.75 Å². The van der Waals surface area contributed by atoms with E-state index in [0.717, 1.165) is 24.3 Å². The first-order chi connectivity index (χ1) is 16.7. The zero-order valence-electron chi connectivity index (χ0n) is 18.9. The van der Waals surface area contributed by atoms with E-state index in [0.29, 0.717) is 0 Å². The maximum absolute atomic E-state index is 13.0. The second-order valence-corrected chi connectivity index (χ2v) is 8.89. The molecule has 3 aromatic rings. The summed E-state index contributed by atoms with van der Waals surface area (Å²) in [6, 6.07) is 9.14. The molecule has 0 bridgehead atoms. The lowest BCUT2D eigenvalue weighted by Gasteiger charge is -2.21. The molecule has 194 valence electrons. The largest absolute Gasteiger partial charge is 0.573 e. The summed E-state index contributed by atoms with van der Waals surface area (Å²) < 4.78 is 81.1. The number of aliphatic hydroxyl groups excluding tert-OH is 1. The third-order valence-corrected chi connectivity index (χ3v) is 5.62. The molecule has 6 nitrogen and oxygen atoms in total. The Balaban J connectivity index is 2.02. The van der Waals surface area contributed by atoms with Gasteiger partial charge in [-0.3, -0.25) is 0 Å². The Labute approximate surface area is 210 Å². The summed E-state index contributed by atoms with van der Waals surface area (Å²) >= 11 is 3.11. The molecule has 1 atom stereocenters. The Morgan fingerprint density at radius 3 is 2.31 bits per heavy atom. The van der Waals surface area contributed by atoms with Crippen LogP contribution in [0.3, 0.4) is 0 Å². The van der Waals surface area contributed by atoms with Gasteiger partial charge in [-0.2, -0.15) is 18.2 Å². The van der Waals surface area contributed by atoms with Crippen LogP contribution in [0.25, 0.3) is 11.3 Å². The number of hydrogen-bond donors (Lipinski definition) is 3. The maximum Gasteiger partial charge on any atom is 0.573 e. The number of aromatic nitrogens is 2. The molecule has 3 rings (SSSR count). The molecule has 0 unspecified atom stereocenters. The van der Waals surface area contributed by atoms with Crippen LogP contribution >= 0.6 is 15.9 Å². The number of aliphatic hydroxyl groups is 1. The standard InChI is InChI=1S/C23H21BrF6N4O2/c1-12(2)19(11-35)33-21-32-18(13-4-3-5-15(8-13)36-23(28,29)30)10-20(34-21)31-17-7-6-14(9-16(17)24)22(25,26)27/h3-10,12,19,35H,11H2,1-2H3,(H2,31,32,33,34)/t19-/m0/s1. The molecule has 0 aliphatic carbocycles. The Bertz CT molecular complexity index is 1200. The summed E-state index contributed by atoms with van der Waals surface area (Å²) in [5, 5.41) is 15.5. The van der Waals surface area contributed by atoms with E-state index >= 15 is 0 Å². The highest BCUT2D eigenvalue weighted by Crippen LogP contribution is 2.35. The number of benzene rings is 2. The number of ether oxygens (including phenoxy) is 1. The molecule has 36 heavy (non-hydrogen) atoms. The molecule has 0 aliphatic heterocycles. The lowest BCUT2D eigenvalue weighted by molar-refractivity contribution is -0.274. The third-order valence-electron chi connectivity index (χ3n) is 4.96. The normalized spacial score (nSPS) is 13.0. The molecule has 0 saturated carbocycles. The molecule has 0 saturated heterocycles. The lowest BCUT2D eigenvalue weighted by atomic mass is 10.1. The highest BCUT2D eigenvalue weighted by atomic mass is 79.9. The van der Waals surface area contributed by atoms with Crippen LogP contribution in [0, 0.1) is 5.92 Å². The molecule has 3 N–H and O–H groups in total. The second kappa shape index (κ2) is 10.9. The average Bonchev–Trinajstić information content (AvgIpc) is 2.77. The summed E-state index contributed by atoms with van der Waals surface area (Å²) in [7, 11) is 0. The zero-order valence-corrected chi connectivity index (χ0v) is 20.5. The number of alkyl halides is 6. The van der Waals surface area contributed by atoms with Gasteiger partial charge < -0.3 is 20.5 Å². The Morgan fingerprint density at radius 1 is 1.00 bits per heavy atom. The fraction of sp³-hybridized carbons (Fsp3) is 0.304. The minimum atomic E-state index is -4.88. The molecule has 0 spiro atoms. The van der Waals surface area contributed by atoms with E-state index in [4.69, 9.17) is 0 Å². The average molecular weight is 579 g/mol. The van der Waals surface area contributed by atoms with Crippen molar-refractivity contribution in [2.45, 2.75) is 32.4 Å².